The number of ether oxygens (including phenoxy) is 1. The molecule has 0 aromatic heterocycles. The normalized spacial score (nSPS) is 18.2. The second kappa shape index (κ2) is 4.83. The Morgan fingerprint density at radius 2 is 2.11 bits per heavy atom. The summed E-state index contributed by atoms with van der Waals surface area (Å²) < 4.78 is 30.4. The summed E-state index contributed by atoms with van der Waals surface area (Å²) >= 11 is 3.25. The Bertz CT molecular complexity index is 549. The van der Waals surface area contributed by atoms with Crippen molar-refractivity contribution in [2.75, 3.05) is 12.9 Å². The molecule has 1 saturated carbocycles. The maximum Gasteiger partial charge on any atom is 0.184 e. The minimum Gasteiger partial charge on any atom is -0.495 e. The van der Waals surface area contributed by atoms with E-state index in [4.69, 9.17) is 4.74 Å². The minimum absolute atomic E-state index is 0.125. The highest BCUT2D eigenvalue weighted by Gasteiger charge is 2.40. The van der Waals surface area contributed by atoms with Gasteiger partial charge in [0.2, 0.25) is 0 Å². The maximum atomic E-state index is 12.3. The first-order valence-electron chi connectivity index (χ1n) is 5.65. The number of aliphatic hydroxyl groups is 1. The van der Waals surface area contributed by atoms with Gasteiger partial charge in [0.05, 0.1) is 18.5 Å². The van der Waals surface area contributed by atoms with Gasteiger partial charge in [-0.25, -0.2) is 8.42 Å². The lowest BCUT2D eigenvalue weighted by Gasteiger charge is -2.36. The molecule has 0 unspecified atom stereocenters. The number of methoxy groups -OCH3 is 1. The predicted octanol–water partition coefficient (Wildman–Crippen LogP) is 2.15. The fourth-order valence-electron chi connectivity index (χ4n) is 2.05. The first-order valence-corrected chi connectivity index (χ1v) is 8.10. The zero-order chi connectivity index (χ0) is 13.4. The molecule has 0 amide bonds. The molecule has 1 aliphatic rings. The molecule has 4 nitrogen and oxygen atoms in total. The summed E-state index contributed by atoms with van der Waals surface area (Å²) in [6.07, 6.45) is 1.97. The molecule has 0 heterocycles. The summed E-state index contributed by atoms with van der Waals surface area (Å²) in [6.45, 7) is 0. The van der Waals surface area contributed by atoms with Crippen molar-refractivity contribution < 1.29 is 18.3 Å². The smallest absolute Gasteiger partial charge is 0.184 e. The van der Waals surface area contributed by atoms with Crippen LogP contribution in [0.15, 0.2) is 27.6 Å². The average Bonchev–Trinajstić information content (AvgIpc) is 2.26. The van der Waals surface area contributed by atoms with Gasteiger partial charge >= 0.3 is 0 Å². The third-order valence-electron chi connectivity index (χ3n) is 3.20. The van der Waals surface area contributed by atoms with Crippen LogP contribution in [0.4, 0.5) is 0 Å². The molecule has 0 aliphatic heterocycles. The molecule has 1 aliphatic carbocycles. The summed E-state index contributed by atoms with van der Waals surface area (Å²) in [4.78, 5) is 0.125. The van der Waals surface area contributed by atoms with Gasteiger partial charge in [0.15, 0.2) is 9.84 Å². The van der Waals surface area contributed by atoms with Gasteiger partial charge in [-0.1, -0.05) is 15.9 Å². The highest BCUT2D eigenvalue weighted by atomic mass is 79.9. The first-order chi connectivity index (χ1) is 8.36. The molecular weight excluding hydrogens is 320 g/mol. The van der Waals surface area contributed by atoms with E-state index in [1.807, 2.05) is 0 Å². The summed E-state index contributed by atoms with van der Waals surface area (Å²) in [5, 5.41) is 10.0. The number of hydrogen-bond donors (Lipinski definition) is 1. The summed E-state index contributed by atoms with van der Waals surface area (Å²) in [5.41, 5.74) is -1.06. The second-order valence-electron chi connectivity index (χ2n) is 4.63. The molecule has 1 aromatic carbocycles. The molecule has 0 spiro atoms. The molecular formula is C12H15BrO4S. The zero-order valence-electron chi connectivity index (χ0n) is 10.0. The average molecular weight is 335 g/mol. The fraction of sp³-hybridized carbons (Fsp3) is 0.500. The molecule has 0 saturated heterocycles. The third kappa shape index (κ3) is 2.70. The van der Waals surface area contributed by atoms with Crippen LogP contribution >= 0.6 is 15.9 Å². The lowest BCUT2D eigenvalue weighted by atomic mass is 9.82. The van der Waals surface area contributed by atoms with Gasteiger partial charge in [0, 0.05) is 4.47 Å². The van der Waals surface area contributed by atoms with Gasteiger partial charge in [0.25, 0.3) is 0 Å². The Hall–Kier alpha value is -0.590. The van der Waals surface area contributed by atoms with Crippen molar-refractivity contribution in [1.29, 1.82) is 0 Å². The number of benzene rings is 1. The van der Waals surface area contributed by atoms with Gasteiger partial charge in [-0.2, -0.15) is 0 Å². The highest BCUT2D eigenvalue weighted by Crippen LogP contribution is 2.36. The number of rotatable bonds is 4. The topological polar surface area (TPSA) is 63.6 Å². The second-order valence-corrected chi connectivity index (χ2v) is 7.51. The summed E-state index contributed by atoms with van der Waals surface area (Å²) in [5.74, 6) is 0.0634. The lowest BCUT2D eigenvalue weighted by Crippen LogP contribution is -2.43. The quantitative estimate of drug-likeness (QED) is 0.916. The lowest BCUT2D eigenvalue weighted by molar-refractivity contribution is -0.0114. The van der Waals surface area contributed by atoms with Crippen LogP contribution in [-0.2, 0) is 9.84 Å². The van der Waals surface area contributed by atoms with Crippen LogP contribution in [0.25, 0.3) is 0 Å². The maximum absolute atomic E-state index is 12.3. The largest absolute Gasteiger partial charge is 0.495 e. The van der Waals surface area contributed by atoms with E-state index < -0.39 is 15.4 Å². The van der Waals surface area contributed by atoms with E-state index in [9.17, 15) is 13.5 Å². The molecule has 1 fully saturated rings. The van der Waals surface area contributed by atoms with Crippen molar-refractivity contribution in [3.8, 4) is 5.75 Å². The molecule has 0 radical (unpaired) electrons. The van der Waals surface area contributed by atoms with Crippen LogP contribution in [0.1, 0.15) is 19.3 Å². The predicted molar refractivity (Wildman–Crippen MR) is 71.5 cm³/mol. The van der Waals surface area contributed by atoms with Gasteiger partial charge in [-0.3, -0.25) is 0 Å². The van der Waals surface area contributed by atoms with Crippen LogP contribution in [0, 0.1) is 0 Å². The van der Waals surface area contributed by atoms with Crippen molar-refractivity contribution in [2.45, 2.75) is 29.8 Å². The molecule has 18 heavy (non-hydrogen) atoms. The number of sulfone groups is 1. The Balaban J connectivity index is 2.37. The van der Waals surface area contributed by atoms with E-state index in [2.05, 4.69) is 15.9 Å². The molecule has 6 heteroatoms. The van der Waals surface area contributed by atoms with Crippen LogP contribution in [-0.4, -0.2) is 32.0 Å². The summed E-state index contributed by atoms with van der Waals surface area (Å²) in [6, 6.07) is 4.83. The number of hydrogen-bond acceptors (Lipinski definition) is 4. The van der Waals surface area contributed by atoms with Crippen molar-refractivity contribution in [3.05, 3.63) is 22.7 Å². The molecule has 0 atom stereocenters. The van der Waals surface area contributed by atoms with Crippen LogP contribution < -0.4 is 4.74 Å². The first kappa shape index (κ1) is 13.8. The molecule has 100 valence electrons. The van der Waals surface area contributed by atoms with Gasteiger partial charge < -0.3 is 9.84 Å². The standard InChI is InChI=1S/C12H15BrO4S/c1-17-10-4-3-9(13)7-11(10)18(15,16)8-12(14)5-2-6-12/h3-4,7,14H,2,5-6,8H2,1H3. The molecule has 0 bridgehead atoms. The minimum atomic E-state index is -3.55. The summed E-state index contributed by atoms with van der Waals surface area (Å²) in [7, 11) is -2.12. The van der Waals surface area contributed by atoms with E-state index in [0.717, 1.165) is 6.42 Å². The highest BCUT2D eigenvalue weighted by molar-refractivity contribution is 9.10. The molecule has 2 rings (SSSR count). The zero-order valence-corrected chi connectivity index (χ0v) is 12.4. The number of halogens is 1. The van der Waals surface area contributed by atoms with Crippen molar-refractivity contribution in [1.82, 2.24) is 0 Å². The van der Waals surface area contributed by atoms with Gasteiger partial charge in [-0.05, 0) is 37.5 Å². The Morgan fingerprint density at radius 1 is 1.44 bits per heavy atom. The third-order valence-corrected chi connectivity index (χ3v) is 5.60. The molecule has 1 N–H and O–H groups in total. The van der Waals surface area contributed by atoms with Gasteiger partial charge in [-0.15, -0.1) is 0 Å². The van der Waals surface area contributed by atoms with E-state index in [-0.39, 0.29) is 10.6 Å². The van der Waals surface area contributed by atoms with E-state index in [1.54, 1.807) is 12.1 Å². The van der Waals surface area contributed by atoms with Crippen LogP contribution in [0.5, 0.6) is 5.75 Å². The Labute approximate surface area is 115 Å². The monoisotopic (exact) mass is 334 g/mol. The van der Waals surface area contributed by atoms with Crippen molar-refractivity contribution in [2.24, 2.45) is 0 Å². The van der Waals surface area contributed by atoms with E-state index in [1.165, 1.54) is 13.2 Å². The van der Waals surface area contributed by atoms with Crippen LogP contribution in [0.3, 0.4) is 0 Å². The SMILES string of the molecule is COc1ccc(Br)cc1S(=O)(=O)CC1(O)CCC1. The van der Waals surface area contributed by atoms with Crippen molar-refractivity contribution >= 4 is 25.8 Å². The van der Waals surface area contributed by atoms with Gasteiger partial charge in [0.1, 0.15) is 10.6 Å². The Morgan fingerprint density at radius 3 is 2.61 bits per heavy atom. The molecule has 1 aromatic rings. The van der Waals surface area contributed by atoms with E-state index >= 15 is 0 Å². The fourth-order valence-corrected chi connectivity index (χ4v) is 4.48. The van der Waals surface area contributed by atoms with Crippen molar-refractivity contribution in [3.63, 3.8) is 0 Å². The van der Waals surface area contributed by atoms with Crippen LogP contribution in [0.2, 0.25) is 0 Å². The van der Waals surface area contributed by atoms with E-state index in [0.29, 0.717) is 23.1 Å². The Kier molecular flexibility index (Phi) is 3.71.